The summed E-state index contributed by atoms with van der Waals surface area (Å²) in [6.45, 7) is 2.95. The molecule has 186 valence electrons. The molecule has 0 saturated heterocycles. The molecule has 0 atom stereocenters. The van der Waals surface area contributed by atoms with Gasteiger partial charge in [0.2, 0.25) is 0 Å². The molecular formula is C30H25BrClN3O2. The normalized spacial score (nSPS) is 11.0. The summed E-state index contributed by atoms with van der Waals surface area (Å²) in [6, 6.07) is 25.8. The first-order chi connectivity index (χ1) is 18.0. The minimum atomic E-state index is 0.324. The first-order valence-corrected chi connectivity index (χ1v) is 12.8. The molecule has 0 radical (unpaired) electrons. The maximum absolute atomic E-state index is 8.90. The van der Waals surface area contributed by atoms with Crippen molar-refractivity contribution in [3.8, 4) is 28.7 Å². The second-order valence-corrected chi connectivity index (χ2v) is 9.48. The molecule has 0 spiro atoms. The number of hydrogen-bond donors (Lipinski definition) is 1. The topological polar surface area (TPSA) is 67.2 Å². The molecule has 0 fully saturated rings. The van der Waals surface area contributed by atoms with Crippen LogP contribution in [0.1, 0.15) is 23.6 Å². The minimum absolute atomic E-state index is 0.324. The van der Waals surface area contributed by atoms with Crippen LogP contribution >= 0.6 is 27.5 Å². The van der Waals surface area contributed by atoms with Crippen LogP contribution in [-0.4, -0.2) is 4.98 Å². The van der Waals surface area contributed by atoms with Gasteiger partial charge in [0.1, 0.15) is 24.7 Å². The van der Waals surface area contributed by atoms with Gasteiger partial charge in [0, 0.05) is 57.9 Å². The van der Waals surface area contributed by atoms with E-state index in [0.717, 1.165) is 38.0 Å². The van der Waals surface area contributed by atoms with Crippen LogP contribution in [0.25, 0.3) is 11.1 Å². The smallest absolute Gasteiger partial charge is 0.142 e. The van der Waals surface area contributed by atoms with Crippen LogP contribution in [0.2, 0.25) is 5.02 Å². The zero-order valence-corrected chi connectivity index (χ0v) is 22.6. The Morgan fingerprint density at radius 1 is 1.00 bits per heavy atom. The lowest BCUT2D eigenvalue weighted by molar-refractivity contribution is 0.287. The Morgan fingerprint density at radius 2 is 1.81 bits per heavy atom. The summed E-state index contributed by atoms with van der Waals surface area (Å²) in [4.78, 5) is 4.15. The lowest BCUT2D eigenvalue weighted by Gasteiger charge is -2.17. The molecule has 4 rings (SSSR count). The van der Waals surface area contributed by atoms with Crippen LogP contribution in [0.5, 0.6) is 11.5 Å². The van der Waals surface area contributed by atoms with E-state index >= 15 is 0 Å². The molecular weight excluding hydrogens is 550 g/mol. The summed E-state index contributed by atoms with van der Waals surface area (Å²) in [7, 11) is 0. The van der Waals surface area contributed by atoms with E-state index in [9.17, 15) is 0 Å². The SMILES string of the molecule is C/C(=C\C#N)NCc1cc(Cl)c(OCc2cccc(-c3ccccc3)c2Br)cc1OCc1cccnc1. The van der Waals surface area contributed by atoms with Crippen LogP contribution < -0.4 is 14.8 Å². The molecule has 37 heavy (non-hydrogen) atoms. The van der Waals surface area contributed by atoms with Crippen molar-refractivity contribution >= 4 is 27.5 Å². The third kappa shape index (κ3) is 7.13. The van der Waals surface area contributed by atoms with Crippen LogP contribution in [0.15, 0.2) is 101 Å². The number of allylic oxidation sites excluding steroid dienone is 2. The van der Waals surface area contributed by atoms with Gasteiger partial charge in [-0.05, 0) is 46.1 Å². The lowest BCUT2D eigenvalue weighted by atomic mass is 10.0. The molecule has 3 aromatic carbocycles. The number of ether oxygens (including phenoxy) is 2. The average molecular weight is 575 g/mol. The Balaban J connectivity index is 1.56. The van der Waals surface area contributed by atoms with Crippen molar-refractivity contribution in [1.29, 1.82) is 5.26 Å². The number of nitrogens with zero attached hydrogens (tertiary/aromatic N) is 2. The summed E-state index contributed by atoms with van der Waals surface area (Å²) in [5, 5.41) is 12.6. The number of aromatic nitrogens is 1. The Kier molecular flexibility index (Phi) is 9.20. The predicted molar refractivity (Wildman–Crippen MR) is 150 cm³/mol. The van der Waals surface area contributed by atoms with Gasteiger partial charge < -0.3 is 14.8 Å². The van der Waals surface area contributed by atoms with E-state index in [1.165, 1.54) is 6.08 Å². The first-order valence-electron chi connectivity index (χ1n) is 11.6. The van der Waals surface area contributed by atoms with Crippen molar-refractivity contribution in [2.45, 2.75) is 26.7 Å². The standard InChI is InChI=1S/C30H25BrClN3O2/c1-21(12-13-33)35-18-25-15-27(32)29(16-28(25)36-19-22-7-6-14-34-17-22)37-20-24-10-5-11-26(30(24)31)23-8-3-2-4-9-23/h2-12,14-17,35H,18-20H2,1H3/b21-12+. The highest BCUT2D eigenvalue weighted by molar-refractivity contribution is 9.10. The number of benzene rings is 3. The molecule has 7 heteroatoms. The van der Waals surface area contributed by atoms with Crippen molar-refractivity contribution in [1.82, 2.24) is 10.3 Å². The fourth-order valence-electron chi connectivity index (χ4n) is 3.67. The van der Waals surface area contributed by atoms with Crippen LogP contribution in [0.3, 0.4) is 0 Å². The van der Waals surface area contributed by atoms with Gasteiger partial charge in [0.25, 0.3) is 0 Å². The largest absolute Gasteiger partial charge is 0.488 e. The molecule has 0 unspecified atom stereocenters. The Morgan fingerprint density at radius 3 is 2.57 bits per heavy atom. The second kappa shape index (κ2) is 13.0. The zero-order chi connectivity index (χ0) is 26.0. The van der Waals surface area contributed by atoms with E-state index in [1.54, 1.807) is 12.4 Å². The quantitative estimate of drug-likeness (QED) is 0.195. The summed E-state index contributed by atoms with van der Waals surface area (Å²) in [5.41, 5.74) is 5.76. The summed E-state index contributed by atoms with van der Waals surface area (Å²) in [6.07, 6.45) is 4.95. The van der Waals surface area contributed by atoms with Crippen molar-refractivity contribution in [2.24, 2.45) is 0 Å². The van der Waals surface area contributed by atoms with Crippen molar-refractivity contribution in [3.63, 3.8) is 0 Å². The molecule has 0 aliphatic heterocycles. The van der Waals surface area contributed by atoms with E-state index in [4.69, 9.17) is 26.3 Å². The Hall–Kier alpha value is -3.79. The summed E-state index contributed by atoms with van der Waals surface area (Å²) in [5.74, 6) is 1.16. The van der Waals surface area contributed by atoms with Crippen LogP contribution in [0, 0.1) is 11.3 Å². The van der Waals surface area contributed by atoms with Crippen LogP contribution in [0.4, 0.5) is 0 Å². The third-order valence-electron chi connectivity index (χ3n) is 5.62. The van der Waals surface area contributed by atoms with E-state index in [1.807, 2.05) is 67.6 Å². The second-order valence-electron chi connectivity index (χ2n) is 8.28. The number of rotatable bonds is 10. The maximum Gasteiger partial charge on any atom is 0.142 e. The molecule has 5 nitrogen and oxygen atoms in total. The number of nitriles is 1. The highest BCUT2D eigenvalue weighted by atomic mass is 79.9. The zero-order valence-electron chi connectivity index (χ0n) is 20.2. The number of halogens is 2. The summed E-state index contributed by atoms with van der Waals surface area (Å²) < 4.78 is 13.3. The average Bonchev–Trinajstić information content (AvgIpc) is 2.92. The number of hydrogen-bond acceptors (Lipinski definition) is 5. The molecule has 1 aromatic heterocycles. The van der Waals surface area contributed by atoms with E-state index in [-0.39, 0.29) is 0 Å². The number of nitrogens with one attached hydrogen (secondary N) is 1. The van der Waals surface area contributed by atoms with Crippen LogP contribution in [-0.2, 0) is 19.8 Å². The minimum Gasteiger partial charge on any atom is -0.488 e. The monoisotopic (exact) mass is 573 g/mol. The summed E-state index contributed by atoms with van der Waals surface area (Å²) >= 11 is 10.4. The van der Waals surface area contributed by atoms with Crippen molar-refractivity contribution < 1.29 is 9.47 Å². The van der Waals surface area contributed by atoms with Gasteiger partial charge >= 0.3 is 0 Å². The Bertz CT molecular complexity index is 1420. The lowest BCUT2D eigenvalue weighted by Crippen LogP contribution is -2.12. The van der Waals surface area contributed by atoms with Gasteiger partial charge in [-0.15, -0.1) is 0 Å². The highest BCUT2D eigenvalue weighted by Gasteiger charge is 2.14. The molecule has 0 saturated carbocycles. The van der Waals surface area contributed by atoms with Gasteiger partial charge in [-0.2, -0.15) is 5.26 Å². The number of pyridine rings is 1. The van der Waals surface area contributed by atoms with Crippen molar-refractivity contribution in [2.75, 3.05) is 0 Å². The fraction of sp³-hybridized carbons (Fsp3) is 0.133. The van der Waals surface area contributed by atoms with E-state index in [2.05, 4.69) is 44.4 Å². The van der Waals surface area contributed by atoms with E-state index < -0.39 is 0 Å². The molecule has 1 N–H and O–H groups in total. The van der Waals surface area contributed by atoms with Crippen molar-refractivity contribution in [3.05, 3.63) is 123 Å². The highest BCUT2D eigenvalue weighted by Crippen LogP contribution is 2.36. The fourth-order valence-corrected chi connectivity index (χ4v) is 4.52. The molecule has 0 amide bonds. The third-order valence-corrected chi connectivity index (χ3v) is 6.85. The molecule has 0 aliphatic carbocycles. The Labute approximate surface area is 230 Å². The van der Waals surface area contributed by atoms with E-state index in [0.29, 0.717) is 36.3 Å². The first kappa shape index (κ1) is 26.3. The molecule has 0 bridgehead atoms. The van der Waals surface area contributed by atoms with Gasteiger partial charge in [0.15, 0.2) is 0 Å². The molecule has 4 aromatic rings. The molecule has 1 heterocycles. The molecule has 0 aliphatic rings. The van der Waals surface area contributed by atoms with Gasteiger partial charge in [-0.1, -0.05) is 66.2 Å². The van der Waals surface area contributed by atoms with Gasteiger partial charge in [-0.3, -0.25) is 4.98 Å². The van der Waals surface area contributed by atoms with Gasteiger partial charge in [-0.25, -0.2) is 0 Å². The van der Waals surface area contributed by atoms with Gasteiger partial charge in [0.05, 0.1) is 11.1 Å². The predicted octanol–water partition coefficient (Wildman–Crippen LogP) is 7.84. The maximum atomic E-state index is 8.90.